The van der Waals surface area contributed by atoms with Gasteiger partial charge in [-0.05, 0) is 57.8 Å². The number of ether oxygens (including phenoxy) is 6. The number of carbonyl (C=O) groups excluding carboxylic acids is 1. The summed E-state index contributed by atoms with van der Waals surface area (Å²) < 4.78 is 34.2. The quantitative estimate of drug-likeness (QED) is 0.0244. The Morgan fingerprint density at radius 1 is 0.457 bits per heavy atom. The number of hydrogen-bond donors (Lipinski definition) is 12. The molecule has 19 nitrogen and oxygen atoms in total. The van der Waals surface area contributed by atoms with Gasteiger partial charge in [0.15, 0.2) is 18.9 Å². The highest BCUT2D eigenvalue weighted by atomic mass is 16.8. The fraction of sp³-hybridized carbons (Fsp3) is 0.823. The van der Waals surface area contributed by atoms with Crippen molar-refractivity contribution in [2.24, 2.45) is 0 Å². The molecule has 3 rings (SSSR count). The number of hydrogen-bond acceptors (Lipinski definition) is 18. The lowest BCUT2D eigenvalue weighted by atomic mass is 9.96. The van der Waals surface area contributed by atoms with E-state index in [-0.39, 0.29) is 18.9 Å². The van der Waals surface area contributed by atoms with Crippen LogP contribution in [-0.2, 0) is 33.2 Å². The van der Waals surface area contributed by atoms with Crippen molar-refractivity contribution in [2.45, 2.75) is 298 Å². The lowest BCUT2D eigenvalue weighted by molar-refractivity contribution is -0.379. The van der Waals surface area contributed by atoms with E-state index in [2.05, 4.69) is 67.8 Å². The fourth-order valence-corrected chi connectivity index (χ4v) is 10.2. The van der Waals surface area contributed by atoms with Gasteiger partial charge in [0.05, 0.1) is 38.6 Å². The van der Waals surface area contributed by atoms with Crippen molar-refractivity contribution < 1.29 is 89.4 Å². The number of nitrogens with one attached hydrogen (secondary N) is 1. The molecule has 0 aromatic rings. The molecule has 3 saturated heterocycles. The lowest BCUT2D eigenvalue weighted by Gasteiger charge is -2.48. The van der Waals surface area contributed by atoms with E-state index in [1.807, 2.05) is 6.08 Å². The third-order valence-corrected chi connectivity index (χ3v) is 15.3. The molecule has 12 N–H and O–H groups in total. The maximum atomic E-state index is 13.3. The third kappa shape index (κ3) is 28.5. The summed E-state index contributed by atoms with van der Waals surface area (Å²) in [6.07, 6.45) is 24.8. The highest BCUT2D eigenvalue weighted by molar-refractivity contribution is 5.76. The SMILES string of the molecule is CC/C=C\C/C=C\C/C=C\C/C=C\CCCCCCCCCCCCC(=O)NC(COC1OC(CO)C(OC2OC(CO)C(OC3OC(CO)C(O)C(O)C3O)C(O)C2O)C(O)C1O)C(O)/C=C/CCCCCCCCCCCCC. The molecule has 0 spiro atoms. The third-order valence-electron chi connectivity index (χ3n) is 15.3. The Bertz CT molecular complexity index is 1710. The monoisotopic (exact) mass is 1160 g/mol. The summed E-state index contributed by atoms with van der Waals surface area (Å²) in [5, 5.41) is 120. The molecule has 470 valence electrons. The summed E-state index contributed by atoms with van der Waals surface area (Å²) in [4.78, 5) is 13.3. The van der Waals surface area contributed by atoms with Crippen LogP contribution in [0.25, 0.3) is 0 Å². The van der Waals surface area contributed by atoms with Gasteiger partial charge in [0.2, 0.25) is 5.91 Å². The zero-order chi connectivity index (χ0) is 59.0. The molecule has 1 amide bonds. The molecular weight excluding hydrogens is 1050 g/mol. The standard InChI is InChI=1S/C62H109NO18/c1-3-5-7-9-11-13-15-17-18-19-20-21-22-23-24-25-26-28-30-32-34-36-38-40-50(68)63-45(46(67)39-37-35-33-31-29-27-16-14-12-10-8-6-4-2)44-76-60-56(74)53(71)58(48(42-65)78-60)81-62-57(75)54(72)59(49(43-66)79-62)80-61-55(73)52(70)51(69)47(41-64)77-61/h5,7,11,13,17-18,20-21,37,39,45-49,51-62,64-67,69-75H,3-4,6,8-10,12,14-16,19,22-36,38,40-44H2,1-2H3,(H,63,68)/b7-5-,13-11-,18-17-,21-20-,39-37+. The normalized spacial score (nSPS) is 30.2. The molecular formula is C62H109NO18. The number of unbranched alkanes of at least 4 members (excludes halogenated alkanes) is 21. The number of aliphatic hydroxyl groups excluding tert-OH is 11. The highest BCUT2D eigenvalue weighted by Gasteiger charge is 2.53. The average Bonchev–Trinajstić information content (AvgIpc) is 3.57. The minimum absolute atomic E-state index is 0.235. The lowest BCUT2D eigenvalue weighted by Crippen LogP contribution is -2.66. The van der Waals surface area contributed by atoms with Gasteiger partial charge in [-0.1, -0.05) is 190 Å². The molecule has 0 aromatic carbocycles. The van der Waals surface area contributed by atoms with E-state index in [4.69, 9.17) is 28.4 Å². The van der Waals surface area contributed by atoms with Gasteiger partial charge < -0.3 is 89.9 Å². The Labute approximate surface area is 484 Å². The Morgan fingerprint density at radius 2 is 0.852 bits per heavy atom. The van der Waals surface area contributed by atoms with Crippen LogP contribution in [-0.4, -0.2) is 193 Å². The van der Waals surface area contributed by atoms with Crippen molar-refractivity contribution >= 4 is 5.91 Å². The van der Waals surface area contributed by atoms with E-state index in [1.165, 1.54) is 83.5 Å². The summed E-state index contributed by atoms with van der Waals surface area (Å²) in [6.45, 7) is 1.59. The number of amides is 1. The molecule has 81 heavy (non-hydrogen) atoms. The average molecular weight is 1160 g/mol. The number of carbonyl (C=O) groups is 1. The number of rotatable bonds is 45. The maximum absolute atomic E-state index is 13.3. The molecule has 3 aliphatic rings. The van der Waals surface area contributed by atoms with Crippen molar-refractivity contribution in [1.29, 1.82) is 0 Å². The van der Waals surface area contributed by atoms with Crippen LogP contribution in [0.3, 0.4) is 0 Å². The Morgan fingerprint density at radius 3 is 1.33 bits per heavy atom. The van der Waals surface area contributed by atoms with E-state index in [0.717, 1.165) is 83.5 Å². The highest BCUT2D eigenvalue weighted by Crippen LogP contribution is 2.33. The molecule has 3 aliphatic heterocycles. The van der Waals surface area contributed by atoms with E-state index < -0.39 is 124 Å². The van der Waals surface area contributed by atoms with Crippen LogP contribution >= 0.6 is 0 Å². The summed E-state index contributed by atoms with van der Waals surface area (Å²) in [6, 6.07) is -0.977. The summed E-state index contributed by atoms with van der Waals surface area (Å²) >= 11 is 0. The molecule has 0 bridgehead atoms. The van der Waals surface area contributed by atoms with Crippen molar-refractivity contribution in [1.82, 2.24) is 5.32 Å². The molecule has 0 aliphatic carbocycles. The minimum Gasteiger partial charge on any atom is -0.394 e. The summed E-state index contributed by atoms with van der Waals surface area (Å²) in [5.74, 6) is -0.284. The number of aliphatic hydroxyl groups is 11. The summed E-state index contributed by atoms with van der Waals surface area (Å²) in [5.41, 5.74) is 0. The van der Waals surface area contributed by atoms with Crippen molar-refractivity contribution in [3.05, 3.63) is 60.8 Å². The van der Waals surface area contributed by atoms with Gasteiger partial charge >= 0.3 is 0 Å². The van der Waals surface area contributed by atoms with Crippen molar-refractivity contribution in [2.75, 3.05) is 26.4 Å². The smallest absolute Gasteiger partial charge is 0.220 e. The minimum atomic E-state index is -1.98. The van der Waals surface area contributed by atoms with Gasteiger partial charge in [-0.2, -0.15) is 0 Å². The molecule has 3 fully saturated rings. The zero-order valence-electron chi connectivity index (χ0n) is 49.0. The molecule has 0 radical (unpaired) electrons. The molecule has 19 heteroatoms. The maximum Gasteiger partial charge on any atom is 0.220 e. The van der Waals surface area contributed by atoms with Crippen LogP contribution in [0.15, 0.2) is 60.8 Å². The molecule has 17 atom stereocenters. The molecule has 0 aromatic heterocycles. The first-order chi connectivity index (χ1) is 39.3. The van der Waals surface area contributed by atoms with Gasteiger partial charge in [0, 0.05) is 6.42 Å². The van der Waals surface area contributed by atoms with Gasteiger partial charge in [-0.25, -0.2) is 0 Å². The van der Waals surface area contributed by atoms with E-state index in [1.54, 1.807) is 6.08 Å². The predicted octanol–water partition coefficient (Wildman–Crippen LogP) is 6.04. The second-order valence-corrected chi connectivity index (χ2v) is 22.1. The first-order valence-corrected chi connectivity index (χ1v) is 31.0. The molecule has 17 unspecified atom stereocenters. The first kappa shape index (κ1) is 72.7. The van der Waals surface area contributed by atoms with E-state index >= 15 is 0 Å². The zero-order valence-corrected chi connectivity index (χ0v) is 49.0. The van der Waals surface area contributed by atoms with Crippen LogP contribution in [0.1, 0.15) is 194 Å². The van der Waals surface area contributed by atoms with E-state index in [0.29, 0.717) is 6.42 Å². The van der Waals surface area contributed by atoms with Crippen LogP contribution in [0, 0.1) is 0 Å². The van der Waals surface area contributed by atoms with Crippen LogP contribution in [0.5, 0.6) is 0 Å². The Balaban J connectivity index is 1.47. The first-order valence-electron chi connectivity index (χ1n) is 31.0. The van der Waals surface area contributed by atoms with Crippen LogP contribution in [0.4, 0.5) is 0 Å². The predicted molar refractivity (Wildman–Crippen MR) is 309 cm³/mol. The second-order valence-electron chi connectivity index (χ2n) is 22.1. The molecule has 3 heterocycles. The second kappa shape index (κ2) is 44.9. The number of allylic oxidation sites excluding steroid dienone is 9. The Hall–Kier alpha value is -2.51. The fourth-order valence-electron chi connectivity index (χ4n) is 10.2. The van der Waals surface area contributed by atoms with Gasteiger partial charge in [0.1, 0.15) is 73.2 Å². The largest absolute Gasteiger partial charge is 0.394 e. The van der Waals surface area contributed by atoms with Gasteiger partial charge in [0.25, 0.3) is 0 Å². The van der Waals surface area contributed by atoms with Crippen molar-refractivity contribution in [3.8, 4) is 0 Å². The summed E-state index contributed by atoms with van der Waals surface area (Å²) in [7, 11) is 0. The van der Waals surface area contributed by atoms with E-state index in [9.17, 15) is 61.0 Å². The van der Waals surface area contributed by atoms with Crippen molar-refractivity contribution in [3.63, 3.8) is 0 Å². The molecule has 0 saturated carbocycles. The Kier molecular flexibility index (Phi) is 40.3. The topological polar surface area (TPSA) is 307 Å². The van der Waals surface area contributed by atoms with Crippen LogP contribution < -0.4 is 5.32 Å². The van der Waals surface area contributed by atoms with Gasteiger partial charge in [-0.15, -0.1) is 0 Å². The van der Waals surface area contributed by atoms with Crippen LogP contribution in [0.2, 0.25) is 0 Å². The van der Waals surface area contributed by atoms with Gasteiger partial charge in [-0.3, -0.25) is 4.79 Å².